The summed E-state index contributed by atoms with van der Waals surface area (Å²) in [5.74, 6) is 0.815. The van der Waals surface area contributed by atoms with Crippen LogP contribution in [0.2, 0.25) is 5.28 Å². The van der Waals surface area contributed by atoms with E-state index in [1.165, 1.54) is 4.88 Å². The van der Waals surface area contributed by atoms with E-state index < -0.39 is 0 Å². The lowest BCUT2D eigenvalue weighted by Crippen LogP contribution is -2.07. The van der Waals surface area contributed by atoms with E-state index in [1.807, 2.05) is 0 Å². The number of hydrogen-bond acceptors (Lipinski definition) is 5. The zero-order chi connectivity index (χ0) is 13.7. The summed E-state index contributed by atoms with van der Waals surface area (Å²) in [5, 5.41) is 4.64. The summed E-state index contributed by atoms with van der Waals surface area (Å²) in [6.45, 7) is 6.58. The van der Waals surface area contributed by atoms with Gasteiger partial charge in [-0.05, 0) is 37.4 Å². The predicted octanol–water partition coefficient (Wildman–Crippen LogP) is 3.88. The number of hydrogen-bond donors (Lipinski definition) is 1. The van der Waals surface area contributed by atoms with E-state index in [0.717, 1.165) is 48.6 Å². The molecule has 2 aromatic rings. The van der Waals surface area contributed by atoms with Crippen LogP contribution < -0.4 is 5.32 Å². The zero-order valence-corrected chi connectivity index (χ0v) is 12.8. The van der Waals surface area contributed by atoms with Crippen LogP contribution in [0.4, 0.5) is 5.82 Å². The first-order valence-corrected chi connectivity index (χ1v) is 7.65. The highest BCUT2D eigenvalue weighted by molar-refractivity contribution is 7.18. The first-order chi connectivity index (χ1) is 9.20. The molecular weight excluding hydrogens is 282 g/mol. The standard InChI is InChI=1S/C13H18ClN3OS/c1-3-6-18-7-4-5-15-11-10-8-9(2)19-12(10)17-13(14)16-11/h8H,3-7H2,1-2H3,(H,15,16,17). The number of aromatic nitrogens is 2. The smallest absolute Gasteiger partial charge is 0.225 e. The molecule has 0 amide bonds. The number of rotatable bonds is 7. The lowest BCUT2D eigenvalue weighted by molar-refractivity contribution is 0.134. The van der Waals surface area contributed by atoms with Crippen molar-refractivity contribution in [2.75, 3.05) is 25.1 Å². The van der Waals surface area contributed by atoms with E-state index in [-0.39, 0.29) is 0 Å². The van der Waals surface area contributed by atoms with Crippen LogP contribution in [0.1, 0.15) is 24.6 Å². The normalized spacial score (nSPS) is 11.1. The van der Waals surface area contributed by atoms with Gasteiger partial charge in [0, 0.05) is 24.6 Å². The lowest BCUT2D eigenvalue weighted by atomic mass is 10.3. The molecule has 2 aromatic heterocycles. The highest BCUT2D eigenvalue weighted by atomic mass is 35.5. The number of anilines is 1. The van der Waals surface area contributed by atoms with Crippen molar-refractivity contribution in [1.29, 1.82) is 0 Å². The molecule has 0 fully saturated rings. The van der Waals surface area contributed by atoms with Crippen molar-refractivity contribution < 1.29 is 4.74 Å². The Kier molecular flexibility index (Phi) is 5.36. The van der Waals surface area contributed by atoms with Crippen LogP contribution >= 0.6 is 22.9 Å². The molecule has 0 saturated heterocycles. The first kappa shape index (κ1) is 14.5. The van der Waals surface area contributed by atoms with Gasteiger partial charge in [0.1, 0.15) is 10.6 Å². The molecule has 0 aromatic carbocycles. The fourth-order valence-corrected chi connectivity index (χ4v) is 2.88. The third-order valence-corrected chi connectivity index (χ3v) is 3.71. The summed E-state index contributed by atoms with van der Waals surface area (Å²) in [7, 11) is 0. The Morgan fingerprint density at radius 2 is 2.21 bits per heavy atom. The SMILES string of the molecule is CCCOCCCNc1nc(Cl)nc2sc(C)cc12. The Morgan fingerprint density at radius 1 is 1.37 bits per heavy atom. The highest BCUT2D eigenvalue weighted by Gasteiger charge is 2.09. The number of nitrogens with zero attached hydrogens (tertiary/aromatic N) is 2. The van der Waals surface area contributed by atoms with Crippen LogP contribution in [-0.2, 0) is 4.74 Å². The quantitative estimate of drug-likeness (QED) is 0.622. The molecule has 1 N–H and O–H groups in total. The maximum absolute atomic E-state index is 5.93. The van der Waals surface area contributed by atoms with Gasteiger partial charge in [-0.3, -0.25) is 0 Å². The summed E-state index contributed by atoms with van der Waals surface area (Å²) in [5.41, 5.74) is 0. The number of nitrogens with one attached hydrogen (secondary N) is 1. The Labute approximate surface area is 122 Å². The molecule has 0 aliphatic rings. The number of ether oxygens (including phenoxy) is 1. The van der Waals surface area contributed by atoms with Crippen LogP contribution in [0.25, 0.3) is 10.2 Å². The fourth-order valence-electron chi connectivity index (χ4n) is 1.78. The van der Waals surface area contributed by atoms with Gasteiger partial charge in [-0.15, -0.1) is 11.3 Å². The molecule has 19 heavy (non-hydrogen) atoms. The van der Waals surface area contributed by atoms with Crippen LogP contribution in [0.3, 0.4) is 0 Å². The van der Waals surface area contributed by atoms with E-state index in [9.17, 15) is 0 Å². The van der Waals surface area contributed by atoms with Gasteiger partial charge in [0.15, 0.2) is 0 Å². The van der Waals surface area contributed by atoms with Gasteiger partial charge >= 0.3 is 0 Å². The molecule has 0 bridgehead atoms. The summed E-state index contributed by atoms with van der Waals surface area (Å²) in [4.78, 5) is 10.6. The Bertz CT molecular complexity index is 544. The second-order valence-corrected chi connectivity index (χ2v) is 5.88. The maximum Gasteiger partial charge on any atom is 0.225 e. The van der Waals surface area contributed by atoms with Gasteiger partial charge in [0.05, 0.1) is 5.39 Å². The van der Waals surface area contributed by atoms with Crippen molar-refractivity contribution >= 4 is 39.0 Å². The minimum absolute atomic E-state index is 0.291. The fraction of sp³-hybridized carbons (Fsp3) is 0.538. The third kappa shape index (κ3) is 4.03. The number of halogens is 1. The van der Waals surface area contributed by atoms with Crippen LogP contribution in [0.5, 0.6) is 0 Å². The molecule has 2 heterocycles. The van der Waals surface area contributed by atoms with Gasteiger partial charge in [0.25, 0.3) is 0 Å². The minimum Gasteiger partial charge on any atom is -0.381 e. The van der Waals surface area contributed by atoms with Crippen LogP contribution in [-0.4, -0.2) is 29.7 Å². The molecular formula is C13H18ClN3OS. The topological polar surface area (TPSA) is 47.0 Å². The molecule has 0 unspecified atom stereocenters. The maximum atomic E-state index is 5.93. The summed E-state index contributed by atoms with van der Waals surface area (Å²) in [6, 6.07) is 2.09. The number of fused-ring (bicyclic) bond motifs is 1. The highest BCUT2D eigenvalue weighted by Crippen LogP contribution is 2.29. The minimum atomic E-state index is 0.291. The molecule has 0 atom stereocenters. The number of aryl methyl sites for hydroxylation is 1. The van der Waals surface area contributed by atoms with Gasteiger partial charge in [-0.1, -0.05) is 6.92 Å². The van der Waals surface area contributed by atoms with Gasteiger partial charge in [-0.25, -0.2) is 9.97 Å². The van der Waals surface area contributed by atoms with Crippen molar-refractivity contribution in [2.45, 2.75) is 26.7 Å². The second kappa shape index (κ2) is 7.03. The van der Waals surface area contributed by atoms with E-state index in [2.05, 4.69) is 35.2 Å². The van der Waals surface area contributed by atoms with E-state index in [4.69, 9.17) is 16.3 Å². The molecule has 0 aliphatic carbocycles. The monoisotopic (exact) mass is 299 g/mol. The predicted molar refractivity (Wildman–Crippen MR) is 81.4 cm³/mol. The van der Waals surface area contributed by atoms with E-state index in [1.54, 1.807) is 11.3 Å². The molecule has 2 rings (SSSR count). The van der Waals surface area contributed by atoms with E-state index >= 15 is 0 Å². The average Bonchev–Trinajstić information content (AvgIpc) is 2.73. The van der Waals surface area contributed by atoms with Crippen LogP contribution in [0, 0.1) is 6.92 Å². The summed E-state index contributed by atoms with van der Waals surface area (Å²) in [6.07, 6.45) is 2.01. The third-order valence-electron chi connectivity index (χ3n) is 2.60. The Hall–Kier alpha value is -0.910. The first-order valence-electron chi connectivity index (χ1n) is 6.46. The molecule has 104 valence electrons. The Balaban J connectivity index is 1.96. The lowest BCUT2D eigenvalue weighted by Gasteiger charge is -2.07. The van der Waals surface area contributed by atoms with Gasteiger partial charge < -0.3 is 10.1 Å². The van der Waals surface area contributed by atoms with Crippen molar-refractivity contribution in [1.82, 2.24) is 9.97 Å². The Morgan fingerprint density at radius 3 is 3.00 bits per heavy atom. The second-order valence-electron chi connectivity index (χ2n) is 4.31. The van der Waals surface area contributed by atoms with Crippen LogP contribution in [0.15, 0.2) is 6.07 Å². The molecule has 0 aliphatic heterocycles. The van der Waals surface area contributed by atoms with Gasteiger partial charge in [0.2, 0.25) is 5.28 Å². The molecule has 0 radical (unpaired) electrons. The van der Waals surface area contributed by atoms with Crippen molar-refractivity contribution in [3.63, 3.8) is 0 Å². The van der Waals surface area contributed by atoms with E-state index in [0.29, 0.717) is 5.28 Å². The number of thiophene rings is 1. The molecule has 0 spiro atoms. The van der Waals surface area contributed by atoms with Crippen molar-refractivity contribution in [3.8, 4) is 0 Å². The largest absolute Gasteiger partial charge is 0.381 e. The molecule has 6 heteroatoms. The summed E-state index contributed by atoms with van der Waals surface area (Å²) < 4.78 is 5.44. The van der Waals surface area contributed by atoms with Gasteiger partial charge in [-0.2, -0.15) is 0 Å². The van der Waals surface area contributed by atoms with Crippen molar-refractivity contribution in [3.05, 3.63) is 16.2 Å². The summed E-state index contributed by atoms with van der Waals surface area (Å²) >= 11 is 7.56. The molecule has 4 nitrogen and oxygen atoms in total. The zero-order valence-electron chi connectivity index (χ0n) is 11.2. The van der Waals surface area contributed by atoms with Crippen molar-refractivity contribution in [2.24, 2.45) is 0 Å². The molecule has 0 saturated carbocycles. The average molecular weight is 300 g/mol.